The van der Waals surface area contributed by atoms with Crippen LogP contribution in [0.15, 0.2) is 22.7 Å². The van der Waals surface area contributed by atoms with Crippen LogP contribution in [-0.2, 0) is 11.3 Å². The first-order valence-corrected chi connectivity index (χ1v) is 9.77. The Labute approximate surface area is 162 Å². The maximum absolute atomic E-state index is 12.5. The molecule has 28 heavy (non-hydrogen) atoms. The van der Waals surface area contributed by atoms with Gasteiger partial charge in [0.1, 0.15) is 0 Å². The van der Waals surface area contributed by atoms with Crippen molar-refractivity contribution in [3.8, 4) is 11.5 Å². The number of ether oxygens (including phenoxy) is 1. The van der Waals surface area contributed by atoms with Gasteiger partial charge in [-0.2, -0.15) is 8.78 Å². The van der Waals surface area contributed by atoms with Gasteiger partial charge in [-0.3, -0.25) is 4.98 Å². The van der Waals surface area contributed by atoms with Crippen molar-refractivity contribution >= 4 is 0 Å². The first kappa shape index (κ1) is 19.4. The molecule has 2 aliphatic rings. The van der Waals surface area contributed by atoms with E-state index in [4.69, 9.17) is 9.15 Å². The average Bonchev–Trinajstić information content (AvgIpc) is 3.11. The van der Waals surface area contributed by atoms with Crippen molar-refractivity contribution in [1.82, 2.24) is 15.2 Å². The van der Waals surface area contributed by atoms with E-state index in [0.717, 1.165) is 18.8 Å². The molecule has 2 saturated carbocycles. The maximum atomic E-state index is 12.5. The molecule has 2 bridgehead atoms. The highest BCUT2D eigenvalue weighted by Gasteiger charge is 2.42. The summed E-state index contributed by atoms with van der Waals surface area (Å²) in [7, 11) is 0. The predicted molar refractivity (Wildman–Crippen MR) is 96.3 cm³/mol. The van der Waals surface area contributed by atoms with Gasteiger partial charge in [-0.1, -0.05) is 6.92 Å². The summed E-state index contributed by atoms with van der Waals surface area (Å²) in [6.07, 6.45) is 3.94. The topological polar surface area (TPSA) is 81.3 Å². The van der Waals surface area contributed by atoms with Crippen molar-refractivity contribution in [1.29, 1.82) is 0 Å². The van der Waals surface area contributed by atoms with E-state index in [1.807, 2.05) is 0 Å². The van der Waals surface area contributed by atoms with Gasteiger partial charge in [0.25, 0.3) is 5.89 Å². The highest BCUT2D eigenvalue weighted by molar-refractivity contribution is 5.50. The second-order valence-electron chi connectivity index (χ2n) is 8.45. The zero-order valence-corrected chi connectivity index (χ0v) is 15.9. The molecule has 0 aromatic carbocycles. The molecule has 6 nitrogen and oxygen atoms in total. The van der Waals surface area contributed by atoms with Gasteiger partial charge < -0.3 is 14.3 Å². The van der Waals surface area contributed by atoms with Gasteiger partial charge in [-0.25, -0.2) is 0 Å². The molecule has 1 N–H and O–H groups in total. The number of pyridine rings is 1. The number of nitrogens with zero attached hydrogens (tertiary/aromatic N) is 3. The quantitative estimate of drug-likeness (QED) is 0.794. The molecule has 2 heterocycles. The van der Waals surface area contributed by atoms with Crippen LogP contribution in [0, 0.1) is 17.8 Å². The third kappa shape index (κ3) is 4.38. The maximum Gasteiger partial charge on any atom is 0.314 e. The number of rotatable bonds is 6. The second kappa shape index (κ2) is 7.83. The van der Waals surface area contributed by atoms with E-state index < -0.39 is 17.9 Å². The lowest BCUT2D eigenvalue weighted by atomic mass is 9.63. The number of alkyl halides is 2. The lowest BCUT2D eigenvalue weighted by Crippen LogP contribution is -2.45. The summed E-state index contributed by atoms with van der Waals surface area (Å²) in [6.45, 7) is 2.89. The van der Waals surface area contributed by atoms with Gasteiger partial charge in [0.15, 0.2) is 0 Å². The van der Waals surface area contributed by atoms with Gasteiger partial charge in [-0.15, -0.1) is 10.2 Å². The van der Waals surface area contributed by atoms with E-state index in [1.54, 1.807) is 12.1 Å². The molecule has 0 spiro atoms. The van der Waals surface area contributed by atoms with E-state index in [1.165, 1.54) is 25.5 Å². The van der Waals surface area contributed by atoms with E-state index in [-0.39, 0.29) is 12.5 Å². The predicted octanol–water partition coefficient (Wildman–Crippen LogP) is 4.16. The molecule has 0 amide bonds. The SMILES string of the molecule is CC1CC2CC(C1)CC(O)(COCc1ccc(-c3nnc(C(F)F)o3)cn1)C2. The Kier molecular flexibility index (Phi) is 5.42. The van der Waals surface area contributed by atoms with Crippen molar-refractivity contribution < 1.29 is 23.0 Å². The van der Waals surface area contributed by atoms with Gasteiger partial charge in [0, 0.05) is 6.20 Å². The fourth-order valence-corrected chi connectivity index (χ4v) is 4.93. The summed E-state index contributed by atoms with van der Waals surface area (Å²) in [5.74, 6) is 1.25. The van der Waals surface area contributed by atoms with Crippen molar-refractivity contribution in [3.63, 3.8) is 0 Å². The lowest BCUT2D eigenvalue weighted by molar-refractivity contribution is -0.111. The summed E-state index contributed by atoms with van der Waals surface area (Å²) in [6, 6.07) is 3.40. The van der Waals surface area contributed by atoms with Crippen molar-refractivity contribution in [2.75, 3.05) is 6.61 Å². The van der Waals surface area contributed by atoms with E-state index in [2.05, 4.69) is 22.1 Å². The van der Waals surface area contributed by atoms with Crippen LogP contribution < -0.4 is 0 Å². The fraction of sp³-hybridized carbons (Fsp3) is 0.650. The third-order valence-corrected chi connectivity index (χ3v) is 5.80. The molecule has 2 atom stereocenters. The highest BCUT2D eigenvalue weighted by Crippen LogP contribution is 2.46. The van der Waals surface area contributed by atoms with E-state index >= 15 is 0 Å². The Morgan fingerprint density at radius 1 is 1.21 bits per heavy atom. The number of aromatic nitrogens is 3. The third-order valence-electron chi connectivity index (χ3n) is 5.80. The molecule has 0 saturated heterocycles. The molecule has 4 rings (SSSR count). The van der Waals surface area contributed by atoms with Crippen LogP contribution in [-0.4, -0.2) is 32.5 Å². The molecule has 2 fully saturated rings. The van der Waals surface area contributed by atoms with Crippen LogP contribution in [0.3, 0.4) is 0 Å². The van der Waals surface area contributed by atoms with Crippen LogP contribution in [0.25, 0.3) is 11.5 Å². The zero-order chi connectivity index (χ0) is 19.7. The number of hydrogen-bond donors (Lipinski definition) is 1. The number of hydrogen-bond acceptors (Lipinski definition) is 6. The van der Waals surface area contributed by atoms with Gasteiger partial charge in [-0.05, 0) is 62.0 Å². The molecular formula is C20H25F2N3O3. The molecule has 152 valence electrons. The van der Waals surface area contributed by atoms with Gasteiger partial charge in [0.2, 0.25) is 5.89 Å². The Morgan fingerprint density at radius 2 is 1.96 bits per heavy atom. The molecule has 2 unspecified atom stereocenters. The Morgan fingerprint density at radius 3 is 2.57 bits per heavy atom. The van der Waals surface area contributed by atoms with Gasteiger partial charge >= 0.3 is 6.43 Å². The summed E-state index contributed by atoms with van der Waals surface area (Å²) in [5, 5.41) is 17.9. The smallest absolute Gasteiger partial charge is 0.314 e. The highest BCUT2D eigenvalue weighted by atomic mass is 19.3. The normalized spacial score (nSPS) is 30.0. The standard InChI is InChI=1S/C20H25F2N3O3/c1-12-4-13-6-14(5-12)8-20(26,7-13)11-27-10-16-3-2-15(9-23-16)18-24-25-19(28-18)17(21)22/h2-3,9,12-14,17,26H,4-8,10-11H2,1H3. The number of fused-ring (bicyclic) bond motifs is 2. The molecule has 0 radical (unpaired) electrons. The Balaban J connectivity index is 1.30. The van der Waals surface area contributed by atoms with Gasteiger partial charge in [0.05, 0.1) is 30.1 Å². The zero-order valence-electron chi connectivity index (χ0n) is 15.9. The Bertz CT molecular complexity index is 778. The fourth-order valence-electron chi connectivity index (χ4n) is 4.93. The summed E-state index contributed by atoms with van der Waals surface area (Å²) in [4.78, 5) is 4.26. The van der Waals surface area contributed by atoms with Crippen LogP contribution >= 0.6 is 0 Å². The van der Waals surface area contributed by atoms with Crippen LogP contribution in [0.4, 0.5) is 8.78 Å². The largest absolute Gasteiger partial charge is 0.415 e. The van der Waals surface area contributed by atoms with E-state index in [0.29, 0.717) is 29.7 Å². The van der Waals surface area contributed by atoms with Crippen molar-refractivity contribution in [2.45, 2.75) is 57.7 Å². The minimum Gasteiger partial charge on any atom is -0.415 e. The minimum absolute atomic E-state index is 0.00699. The first-order chi connectivity index (χ1) is 13.4. The molecule has 2 aromatic rings. The van der Waals surface area contributed by atoms with Crippen molar-refractivity contribution in [2.24, 2.45) is 17.8 Å². The summed E-state index contributed by atoms with van der Waals surface area (Å²) in [5.41, 5.74) is 0.407. The van der Waals surface area contributed by atoms with E-state index in [9.17, 15) is 13.9 Å². The lowest BCUT2D eigenvalue weighted by Gasteiger charge is -2.46. The number of aliphatic hydroxyl groups is 1. The molecule has 8 heteroatoms. The second-order valence-corrected chi connectivity index (χ2v) is 8.45. The molecule has 0 aliphatic heterocycles. The van der Waals surface area contributed by atoms with Crippen molar-refractivity contribution in [3.05, 3.63) is 29.9 Å². The molecule has 2 aliphatic carbocycles. The van der Waals surface area contributed by atoms with Crippen LogP contribution in [0.2, 0.25) is 0 Å². The number of halogens is 2. The minimum atomic E-state index is -2.80. The Hall–Kier alpha value is -1.93. The monoisotopic (exact) mass is 393 g/mol. The summed E-state index contributed by atoms with van der Waals surface area (Å²) < 4.78 is 35.7. The van der Waals surface area contributed by atoms with Crippen LogP contribution in [0.5, 0.6) is 0 Å². The molecular weight excluding hydrogens is 368 g/mol. The first-order valence-electron chi connectivity index (χ1n) is 9.77. The average molecular weight is 393 g/mol. The molecule has 2 aromatic heterocycles. The summed E-state index contributed by atoms with van der Waals surface area (Å²) >= 11 is 0. The van der Waals surface area contributed by atoms with Crippen LogP contribution in [0.1, 0.15) is 57.0 Å².